The van der Waals surface area contributed by atoms with Crippen molar-refractivity contribution in [1.29, 1.82) is 0 Å². The van der Waals surface area contributed by atoms with Crippen molar-refractivity contribution in [3.8, 4) is 0 Å². The van der Waals surface area contributed by atoms with Gasteiger partial charge in [0.05, 0.1) is 5.92 Å². The molecule has 1 atom stereocenters. The van der Waals surface area contributed by atoms with Crippen LogP contribution in [-0.4, -0.2) is 25.5 Å². The Morgan fingerprint density at radius 3 is 2.45 bits per heavy atom. The first kappa shape index (κ1) is 19.3. The molecular formula is C17H26Cl2N2O. The van der Waals surface area contributed by atoms with E-state index in [1.165, 1.54) is 5.56 Å². The topological polar surface area (TPSA) is 41.1 Å². The van der Waals surface area contributed by atoms with E-state index in [9.17, 15) is 4.79 Å². The fourth-order valence-electron chi connectivity index (χ4n) is 3.09. The Balaban J connectivity index is 0.00000242. The summed E-state index contributed by atoms with van der Waals surface area (Å²) >= 11 is 5.99. The number of carbonyl (C=O) groups excluding carboxylic acids is 1. The molecule has 1 heterocycles. The number of hydrogen-bond donors (Lipinski definition) is 2. The molecule has 1 fully saturated rings. The van der Waals surface area contributed by atoms with E-state index in [0.29, 0.717) is 6.54 Å². The molecule has 0 saturated carbocycles. The first-order valence-corrected chi connectivity index (χ1v) is 8.23. The van der Waals surface area contributed by atoms with Gasteiger partial charge in [0, 0.05) is 23.5 Å². The molecule has 1 aromatic carbocycles. The Labute approximate surface area is 144 Å². The third-order valence-electron chi connectivity index (χ3n) is 4.84. The van der Waals surface area contributed by atoms with Crippen molar-refractivity contribution >= 4 is 29.9 Å². The van der Waals surface area contributed by atoms with Gasteiger partial charge in [-0.1, -0.05) is 37.6 Å². The maximum absolute atomic E-state index is 12.2. The van der Waals surface area contributed by atoms with Gasteiger partial charge in [-0.05, 0) is 43.5 Å². The van der Waals surface area contributed by atoms with Crippen LogP contribution in [0.4, 0.5) is 0 Å². The molecule has 0 aromatic heterocycles. The summed E-state index contributed by atoms with van der Waals surface area (Å²) in [6.07, 6.45) is 2.93. The second kappa shape index (κ2) is 8.76. The summed E-state index contributed by atoms with van der Waals surface area (Å²) in [6.45, 7) is 6.81. The molecule has 1 amide bonds. The van der Waals surface area contributed by atoms with Crippen molar-refractivity contribution in [2.24, 2.45) is 5.92 Å². The van der Waals surface area contributed by atoms with Crippen LogP contribution < -0.4 is 10.6 Å². The number of amides is 1. The third kappa shape index (κ3) is 4.37. The number of nitrogens with one attached hydrogen (secondary N) is 2. The lowest BCUT2D eigenvalue weighted by Crippen LogP contribution is -2.42. The molecule has 0 radical (unpaired) electrons. The summed E-state index contributed by atoms with van der Waals surface area (Å²) in [5.41, 5.74) is 1.24. The summed E-state index contributed by atoms with van der Waals surface area (Å²) in [4.78, 5) is 12.2. The van der Waals surface area contributed by atoms with Gasteiger partial charge in [0.15, 0.2) is 0 Å². The highest BCUT2D eigenvalue weighted by atomic mass is 35.5. The lowest BCUT2D eigenvalue weighted by atomic mass is 9.75. The summed E-state index contributed by atoms with van der Waals surface area (Å²) in [5, 5.41) is 7.16. The molecule has 2 rings (SSSR count). The maximum atomic E-state index is 12.2. The van der Waals surface area contributed by atoms with E-state index in [-0.39, 0.29) is 29.6 Å². The van der Waals surface area contributed by atoms with E-state index >= 15 is 0 Å². The van der Waals surface area contributed by atoms with Crippen LogP contribution >= 0.6 is 24.0 Å². The number of halogens is 2. The zero-order valence-corrected chi connectivity index (χ0v) is 14.9. The van der Waals surface area contributed by atoms with E-state index in [1.54, 1.807) is 0 Å². The molecule has 1 unspecified atom stereocenters. The minimum absolute atomic E-state index is 0. The van der Waals surface area contributed by atoms with Gasteiger partial charge in [-0.2, -0.15) is 0 Å². The Morgan fingerprint density at radius 1 is 1.32 bits per heavy atom. The van der Waals surface area contributed by atoms with Crippen LogP contribution in [0.15, 0.2) is 24.3 Å². The fraction of sp³-hybridized carbons (Fsp3) is 0.588. The lowest BCUT2D eigenvalue weighted by molar-refractivity contribution is -0.124. The summed E-state index contributed by atoms with van der Waals surface area (Å²) in [6, 6.07) is 8.02. The van der Waals surface area contributed by atoms with Gasteiger partial charge < -0.3 is 10.6 Å². The molecular weight excluding hydrogens is 319 g/mol. The molecule has 22 heavy (non-hydrogen) atoms. The minimum atomic E-state index is -0.00766. The second-order valence-electron chi connectivity index (χ2n) is 5.90. The lowest BCUT2D eigenvalue weighted by Gasteiger charge is -2.33. The maximum Gasteiger partial charge on any atom is 0.224 e. The predicted molar refractivity (Wildman–Crippen MR) is 94.9 cm³/mol. The highest BCUT2D eigenvalue weighted by molar-refractivity contribution is 6.30. The van der Waals surface area contributed by atoms with Gasteiger partial charge in [0.2, 0.25) is 5.91 Å². The van der Waals surface area contributed by atoms with Crippen molar-refractivity contribution < 1.29 is 4.79 Å². The predicted octanol–water partition coefficient (Wildman–Crippen LogP) is 3.55. The van der Waals surface area contributed by atoms with E-state index in [4.69, 9.17) is 11.6 Å². The molecule has 5 heteroatoms. The van der Waals surface area contributed by atoms with Crippen LogP contribution in [-0.2, 0) is 10.2 Å². The molecule has 124 valence electrons. The van der Waals surface area contributed by atoms with E-state index in [1.807, 2.05) is 12.1 Å². The number of benzene rings is 1. The van der Waals surface area contributed by atoms with Gasteiger partial charge in [0.1, 0.15) is 0 Å². The normalized spacial score (nSPS) is 17.9. The molecule has 1 aliphatic rings. The Bertz CT molecular complexity index is 466. The smallest absolute Gasteiger partial charge is 0.224 e. The van der Waals surface area contributed by atoms with Crippen LogP contribution in [0.1, 0.15) is 38.7 Å². The molecule has 3 nitrogen and oxygen atoms in total. The largest absolute Gasteiger partial charge is 0.355 e. The third-order valence-corrected chi connectivity index (χ3v) is 5.09. The van der Waals surface area contributed by atoms with Gasteiger partial charge in [-0.3, -0.25) is 4.79 Å². The van der Waals surface area contributed by atoms with E-state index in [2.05, 4.69) is 36.6 Å². The average molecular weight is 345 g/mol. The average Bonchev–Trinajstić information content (AvgIpc) is 3.04. The Hall–Kier alpha value is -0.770. The van der Waals surface area contributed by atoms with Crippen molar-refractivity contribution in [3.05, 3.63) is 34.9 Å². The van der Waals surface area contributed by atoms with Crippen LogP contribution in [0, 0.1) is 5.92 Å². The monoisotopic (exact) mass is 344 g/mol. The zero-order chi connectivity index (χ0) is 15.3. The van der Waals surface area contributed by atoms with Gasteiger partial charge in [0.25, 0.3) is 0 Å². The molecule has 1 aromatic rings. The Morgan fingerprint density at radius 2 is 1.95 bits per heavy atom. The van der Waals surface area contributed by atoms with Crippen LogP contribution in [0.3, 0.4) is 0 Å². The van der Waals surface area contributed by atoms with Crippen molar-refractivity contribution in [2.45, 2.75) is 38.5 Å². The molecule has 0 spiro atoms. The number of rotatable bonds is 6. The second-order valence-corrected chi connectivity index (χ2v) is 6.34. The standard InChI is InChI=1S/C17H25ClN2O.ClH/c1-3-17(4-2,14-5-7-15(18)8-6-14)12-20-16(21)13-9-10-19-11-13;/h5-8,13,19H,3-4,9-12H2,1-2H3,(H,20,21);1H. The van der Waals surface area contributed by atoms with Crippen LogP contribution in [0.5, 0.6) is 0 Å². The Kier molecular flexibility index (Phi) is 7.67. The zero-order valence-electron chi connectivity index (χ0n) is 13.3. The summed E-state index contributed by atoms with van der Waals surface area (Å²) in [7, 11) is 0. The highest BCUT2D eigenvalue weighted by Gasteiger charge is 2.30. The minimum Gasteiger partial charge on any atom is -0.355 e. The molecule has 1 aliphatic heterocycles. The molecule has 0 bridgehead atoms. The van der Waals surface area contributed by atoms with Gasteiger partial charge in [-0.15, -0.1) is 12.4 Å². The first-order chi connectivity index (χ1) is 10.1. The van der Waals surface area contributed by atoms with Crippen molar-refractivity contribution in [1.82, 2.24) is 10.6 Å². The summed E-state index contributed by atoms with van der Waals surface area (Å²) < 4.78 is 0. The molecule has 2 N–H and O–H groups in total. The van der Waals surface area contributed by atoms with E-state index in [0.717, 1.165) is 37.4 Å². The van der Waals surface area contributed by atoms with Crippen molar-refractivity contribution in [2.75, 3.05) is 19.6 Å². The molecule has 1 saturated heterocycles. The first-order valence-electron chi connectivity index (χ1n) is 7.86. The van der Waals surface area contributed by atoms with Gasteiger partial charge in [-0.25, -0.2) is 0 Å². The fourth-order valence-corrected chi connectivity index (χ4v) is 3.22. The van der Waals surface area contributed by atoms with E-state index < -0.39 is 0 Å². The summed E-state index contributed by atoms with van der Waals surface area (Å²) in [5.74, 6) is 0.307. The quantitative estimate of drug-likeness (QED) is 0.828. The molecule has 0 aliphatic carbocycles. The van der Waals surface area contributed by atoms with Crippen LogP contribution in [0.25, 0.3) is 0 Å². The SMILES string of the molecule is CCC(CC)(CNC(=O)C1CCNC1)c1ccc(Cl)cc1.Cl. The number of hydrogen-bond acceptors (Lipinski definition) is 2. The van der Waals surface area contributed by atoms with Gasteiger partial charge >= 0.3 is 0 Å². The highest BCUT2D eigenvalue weighted by Crippen LogP contribution is 2.32. The number of carbonyl (C=O) groups is 1. The van der Waals surface area contributed by atoms with Crippen molar-refractivity contribution in [3.63, 3.8) is 0 Å². The van der Waals surface area contributed by atoms with Crippen LogP contribution in [0.2, 0.25) is 5.02 Å².